The van der Waals surface area contributed by atoms with Gasteiger partial charge in [-0.05, 0) is 98.4 Å². The highest BCUT2D eigenvalue weighted by atomic mass is 32.2. The summed E-state index contributed by atoms with van der Waals surface area (Å²) in [6.45, 7) is -0.151. The van der Waals surface area contributed by atoms with Gasteiger partial charge in [-0.1, -0.05) is 30.3 Å². The number of aromatic nitrogens is 1. The number of fused-ring (bicyclic) bond motifs is 1. The smallest absolute Gasteiger partial charge is 0.326 e. The number of hydrogen-bond donors (Lipinski definition) is 10. The van der Waals surface area contributed by atoms with Crippen LogP contribution in [0, 0.1) is 0 Å². The molecule has 0 fully saturated rings. The molecule has 5 atom stereocenters. The number of nitrogens with one attached hydrogen (secondary N) is 6. The van der Waals surface area contributed by atoms with Crippen molar-refractivity contribution in [3.05, 3.63) is 65.9 Å². The van der Waals surface area contributed by atoms with Gasteiger partial charge in [0.15, 0.2) is 0 Å². The molecule has 0 aliphatic carbocycles. The van der Waals surface area contributed by atoms with E-state index in [1.54, 1.807) is 18.3 Å². The zero-order valence-electron chi connectivity index (χ0n) is 31.7. The Balaban J connectivity index is 1.77. The summed E-state index contributed by atoms with van der Waals surface area (Å²) in [6.07, 6.45) is 7.27. The SMILES string of the molecule is CSCC[C@H](NC(=O)[C@H](Cc1ccc(O)cc1)NC(=O)[C@H](CCCCN)NC(=O)[C@@H](N)Cc1c[nH]c2ccccc12)C(=O)NCC(=O)N[C@H](CCSC)C(=O)O. The predicted octanol–water partition coefficient (Wildman–Crippen LogP) is 0.761. The van der Waals surface area contributed by atoms with Gasteiger partial charge < -0.3 is 53.2 Å². The number of rotatable bonds is 25. The van der Waals surface area contributed by atoms with Gasteiger partial charge in [0, 0.05) is 23.5 Å². The summed E-state index contributed by atoms with van der Waals surface area (Å²) < 4.78 is 0. The summed E-state index contributed by atoms with van der Waals surface area (Å²) in [5.41, 5.74) is 14.4. The number of aliphatic carboxylic acids is 1. The minimum Gasteiger partial charge on any atom is -0.508 e. The van der Waals surface area contributed by atoms with Gasteiger partial charge in [0.25, 0.3) is 0 Å². The molecule has 0 aliphatic heterocycles. The molecule has 0 unspecified atom stereocenters. The van der Waals surface area contributed by atoms with E-state index in [2.05, 4.69) is 31.6 Å². The van der Waals surface area contributed by atoms with Crippen molar-refractivity contribution in [1.82, 2.24) is 31.6 Å². The zero-order valence-corrected chi connectivity index (χ0v) is 33.3. The molecule has 0 bridgehead atoms. The van der Waals surface area contributed by atoms with Crippen LogP contribution in [0.1, 0.15) is 43.2 Å². The van der Waals surface area contributed by atoms with Crippen molar-refractivity contribution in [3.63, 3.8) is 0 Å². The first-order valence-corrected chi connectivity index (χ1v) is 21.1. The number of phenolic OH excluding ortho intramolecular Hbond substituents is 1. The number of phenols is 1. The van der Waals surface area contributed by atoms with E-state index in [9.17, 15) is 39.0 Å². The molecule has 0 saturated carbocycles. The van der Waals surface area contributed by atoms with E-state index in [0.29, 0.717) is 36.5 Å². The van der Waals surface area contributed by atoms with Crippen molar-refractivity contribution in [2.75, 3.05) is 37.1 Å². The molecule has 0 aliphatic rings. The van der Waals surface area contributed by atoms with Crippen LogP contribution in [0.5, 0.6) is 5.75 Å². The lowest BCUT2D eigenvalue weighted by Gasteiger charge is -2.26. The largest absolute Gasteiger partial charge is 0.508 e. The first-order valence-electron chi connectivity index (χ1n) is 18.3. The van der Waals surface area contributed by atoms with Crippen LogP contribution in [0.25, 0.3) is 10.9 Å². The Kier molecular flexibility index (Phi) is 19.5. The fourth-order valence-corrected chi connectivity index (χ4v) is 6.77. The monoisotopic (exact) mass is 814 g/mol. The van der Waals surface area contributed by atoms with E-state index in [4.69, 9.17) is 11.5 Å². The molecule has 12 N–H and O–H groups in total. The quantitative estimate of drug-likeness (QED) is 0.0532. The van der Waals surface area contributed by atoms with E-state index < -0.39 is 72.3 Å². The third-order valence-corrected chi connectivity index (χ3v) is 10.2. The van der Waals surface area contributed by atoms with Crippen LogP contribution in [-0.2, 0) is 41.6 Å². The average Bonchev–Trinajstić information content (AvgIpc) is 3.59. The van der Waals surface area contributed by atoms with Crippen molar-refractivity contribution >= 4 is 69.9 Å². The molecule has 306 valence electrons. The highest BCUT2D eigenvalue weighted by Gasteiger charge is 2.31. The standard InChI is InChI=1S/C38H54N8O8S2/c1-55-17-14-30(35(50)42-22-33(48)43-31(38(53)54)15-18-56-2)45-37(52)32(19-23-10-12-25(47)13-11-23)46-36(51)29(9-5-6-16-39)44-34(49)27(40)20-24-21-41-28-8-4-3-7-26(24)28/h3-4,7-8,10-13,21,27,29-32,41,47H,5-6,9,14-20,22,39-40H2,1-2H3,(H,42,50)(H,43,48)(H,44,49)(H,45,52)(H,46,51)(H,53,54)/t27-,29-,30-,31+,32-/m0/s1. The maximum atomic E-state index is 13.9. The molecule has 3 aromatic rings. The van der Waals surface area contributed by atoms with Crippen molar-refractivity contribution in [2.45, 2.75) is 75.2 Å². The molecule has 0 radical (unpaired) electrons. The average molecular weight is 815 g/mol. The van der Waals surface area contributed by atoms with E-state index in [-0.39, 0.29) is 37.9 Å². The van der Waals surface area contributed by atoms with Crippen molar-refractivity contribution < 1.29 is 39.0 Å². The second-order valence-corrected chi connectivity index (χ2v) is 15.2. The zero-order chi connectivity index (χ0) is 41.0. The predicted molar refractivity (Wildman–Crippen MR) is 219 cm³/mol. The van der Waals surface area contributed by atoms with Crippen LogP contribution < -0.4 is 38.1 Å². The Morgan fingerprint density at radius 3 is 2.00 bits per heavy atom. The first kappa shape index (κ1) is 45.6. The Morgan fingerprint density at radius 2 is 1.34 bits per heavy atom. The number of carboxylic acids is 1. The summed E-state index contributed by atoms with van der Waals surface area (Å²) in [5, 5.41) is 33.3. The topological polar surface area (TPSA) is 271 Å². The van der Waals surface area contributed by atoms with Crippen molar-refractivity contribution in [1.29, 1.82) is 0 Å². The van der Waals surface area contributed by atoms with Crippen LogP contribution in [0.2, 0.25) is 0 Å². The van der Waals surface area contributed by atoms with Crippen LogP contribution in [0.4, 0.5) is 0 Å². The van der Waals surface area contributed by atoms with Gasteiger partial charge in [-0.15, -0.1) is 0 Å². The summed E-state index contributed by atoms with van der Waals surface area (Å²) in [6, 6.07) is 8.14. The van der Waals surface area contributed by atoms with Gasteiger partial charge in [-0.3, -0.25) is 24.0 Å². The normalized spacial score (nSPS) is 13.8. The number of hydrogen-bond acceptors (Lipinski definition) is 11. The lowest BCUT2D eigenvalue weighted by Crippen LogP contribution is -2.58. The van der Waals surface area contributed by atoms with E-state index in [1.807, 2.05) is 36.8 Å². The molecule has 0 spiro atoms. The first-order chi connectivity index (χ1) is 26.9. The van der Waals surface area contributed by atoms with Crippen LogP contribution >= 0.6 is 23.5 Å². The number of carboxylic acid groups (broad SMARTS) is 1. The highest BCUT2D eigenvalue weighted by Crippen LogP contribution is 2.19. The van der Waals surface area contributed by atoms with Crippen molar-refractivity contribution in [3.8, 4) is 5.75 Å². The molecule has 5 amide bonds. The van der Waals surface area contributed by atoms with E-state index in [0.717, 1.165) is 16.5 Å². The van der Waals surface area contributed by atoms with Crippen LogP contribution in [-0.4, -0.2) is 118 Å². The minimum atomic E-state index is -1.23. The number of nitrogens with two attached hydrogens (primary N) is 2. The number of benzene rings is 2. The number of aromatic hydroxyl groups is 1. The Hall–Kier alpha value is -4.78. The molecule has 0 saturated heterocycles. The number of amides is 5. The highest BCUT2D eigenvalue weighted by molar-refractivity contribution is 7.98. The van der Waals surface area contributed by atoms with Crippen molar-refractivity contribution in [2.24, 2.45) is 11.5 Å². The maximum Gasteiger partial charge on any atom is 0.326 e. The fraction of sp³-hybridized carbons (Fsp3) is 0.474. The number of aromatic amines is 1. The molecule has 1 heterocycles. The summed E-state index contributed by atoms with van der Waals surface area (Å²) in [7, 11) is 0. The summed E-state index contributed by atoms with van der Waals surface area (Å²) in [5.74, 6) is -3.51. The number of carbonyl (C=O) groups excluding carboxylic acids is 5. The lowest BCUT2D eigenvalue weighted by atomic mass is 10.0. The summed E-state index contributed by atoms with van der Waals surface area (Å²) in [4.78, 5) is 81.9. The van der Waals surface area contributed by atoms with Gasteiger partial charge in [0.1, 0.15) is 29.9 Å². The van der Waals surface area contributed by atoms with E-state index in [1.165, 1.54) is 35.7 Å². The van der Waals surface area contributed by atoms with E-state index >= 15 is 0 Å². The number of H-pyrrole nitrogens is 1. The van der Waals surface area contributed by atoms with Gasteiger partial charge in [-0.2, -0.15) is 23.5 Å². The van der Waals surface area contributed by atoms with Gasteiger partial charge in [0.2, 0.25) is 29.5 Å². The molecule has 3 rings (SSSR count). The fourth-order valence-electron chi connectivity index (χ4n) is 5.83. The molecule has 56 heavy (non-hydrogen) atoms. The third kappa shape index (κ3) is 15.0. The van der Waals surface area contributed by atoms with Gasteiger partial charge in [-0.25, -0.2) is 4.79 Å². The second kappa shape index (κ2) is 24.0. The van der Waals surface area contributed by atoms with Gasteiger partial charge >= 0.3 is 5.97 Å². The Bertz CT molecular complexity index is 1760. The third-order valence-electron chi connectivity index (χ3n) is 8.95. The molecular formula is C38H54N8O8S2. The molecule has 2 aromatic carbocycles. The molecule has 18 heteroatoms. The molecule has 1 aromatic heterocycles. The Labute approximate surface area is 334 Å². The van der Waals surface area contributed by atoms with Crippen LogP contribution in [0.15, 0.2) is 54.7 Å². The number of unbranched alkanes of at least 4 members (excludes halogenated alkanes) is 1. The second-order valence-electron chi connectivity index (χ2n) is 13.2. The summed E-state index contributed by atoms with van der Waals surface area (Å²) >= 11 is 2.86. The van der Waals surface area contributed by atoms with Crippen LogP contribution in [0.3, 0.4) is 0 Å². The minimum absolute atomic E-state index is 0.00204. The Morgan fingerprint density at radius 1 is 0.732 bits per heavy atom. The number of thioether (sulfide) groups is 2. The molecule has 16 nitrogen and oxygen atoms in total. The number of para-hydroxylation sites is 1. The maximum absolute atomic E-state index is 13.9. The number of carbonyl (C=O) groups is 6. The lowest BCUT2D eigenvalue weighted by molar-refractivity contribution is -0.141. The van der Waals surface area contributed by atoms with Gasteiger partial charge in [0.05, 0.1) is 12.6 Å². The molecular weight excluding hydrogens is 761 g/mol.